The molecule has 0 spiro atoms. The van der Waals surface area contributed by atoms with E-state index in [9.17, 15) is 4.79 Å². The molecule has 6 atom stereocenters. The second-order valence-corrected chi connectivity index (χ2v) is 12.3. The lowest BCUT2D eigenvalue weighted by molar-refractivity contribution is -0.149. The van der Waals surface area contributed by atoms with Crippen LogP contribution in [-0.2, 0) is 35.1 Å². The highest BCUT2D eigenvalue weighted by Gasteiger charge is 2.62. The van der Waals surface area contributed by atoms with Crippen molar-refractivity contribution in [2.75, 3.05) is 37.2 Å². The first kappa shape index (κ1) is 26.4. The fourth-order valence-corrected chi connectivity index (χ4v) is 6.90. The zero-order chi connectivity index (χ0) is 25.7. The molecule has 0 aliphatic carbocycles. The number of carbonyl (C=O) groups is 1. The van der Waals surface area contributed by atoms with Gasteiger partial charge in [0.1, 0.15) is 17.7 Å². The van der Waals surface area contributed by atoms with Crippen LogP contribution in [0.4, 0.5) is 16.2 Å². The molecule has 2 aromatic heterocycles. The number of imidazole rings is 1. The number of anilines is 2. The molecule has 4 rings (SSSR count). The van der Waals surface area contributed by atoms with Crippen molar-refractivity contribution in [3.05, 3.63) is 6.33 Å². The molecule has 4 heterocycles. The van der Waals surface area contributed by atoms with Gasteiger partial charge in [-0.1, -0.05) is 0 Å². The van der Waals surface area contributed by atoms with Crippen LogP contribution in [0.5, 0.6) is 0 Å². The maximum absolute atomic E-state index is 16.0. The smallest absolute Gasteiger partial charge is 0.323 e. The Balaban J connectivity index is 1.62. The van der Waals surface area contributed by atoms with Gasteiger partial charge in [0, 0.05) is 14.1 Å². The molecule has 12 nitrogen and oxygen atoms in total. The summed E-state index contributed by atoms with van der Waals surface area (Å²) in [5.74, 6) is -0.170. The fourth-order valence-electron chi connectivity index (χ4n) is 3.92. The highest BCUT2D eigenvalue weighted by Crippen LogP contribution is 2.58. The highest BCUT2D eigenvalue weighted by molar-refractivity contribution is 8.09. The zero-order valence-corrected chi connectivity index (χ0v) is 22.3. The molecule has 35 heavy (non-hydrogen) atoms. The average molecular weight is 552 g/mol. The molecule has 2 saturated heterocycles. The van der Waals surface area contributed by atoms with Crippen molar-refractivity contribution < 1.29 is 27.7 Å². The standard InChI is InChI=1S/C19H28ClFN7O5PS/c1-9(2)31-17(29)10(3)26-34(35)30-7-19(6-20)13(33-34)11(21)16(32-19)28-8-23-12-14(27(4)5)24-18(22)25-15(12)28/h8-11,13,16H,6-7H2,1-5H3,(H,26,35)(H2,22,24,25)/t10-,11-,13-,16+,19+,34?/m0/s1. The minimum atomic E-state index is -3.28. The monoisotopic (exact) mass is 551 g/mol. The number of fused-ring (bicyclic) bond motifs is 2. The molecule has 2 aromatic rings. The van der Waals surface area contributed by atoms with Crippen LogP contribution >= 0.6 is 18.2 Å². The maximum Gasteiger partial charge on any atom is 0.323 e. The third-order valence-corrected chi connectivity index (χ3v) is 8.59. The van der Waals surface area contributed by atoms with Crippen molar-refractivity contribution in [3.63, 3.8) is 0 Å². The Morgan fingerprint density at radius 3 is 2.83 bits per heavy atom. The molecule has 16 heteroatoms. The summed E-state index contributed by atoms with van der Waals surface area (Å²) in [5, 5.41) is 2.86. The first-order chi connectivity index (χ1) is 16.4. The normalized spacial score (nSPS) is 31.5. The van der Waals surface area contributed by atoms with Gasteiger partial charge in [-0.05, 0) is 32.6 Å². The van der Waals surface area contributed by atoms with Gasteiger partial charge in [-0.25, -0.2) is 14.5 Å². The SMILES string of the molecule is CC(C)OC(=O)[C@H](C)NP1(=S)OC[C@@]2(CCl)O[C@@H](n3cnc4c(N(C)C)nc(N)nc43)[C@@H](F)[C@@H]2O1. The summed E-state index contributed by atoms with van der Waals surface area (Å²) in [7, 11) is 3.56. The van der Waals surface area contributed by atoms with E-state index in [1.54, 1.807) is 39.8 Å². The third kappa shape index (κ3) is 4.85. The number of rotatable bonds is 7. The number of aromatic nitrogens is 4. The lowest BCUT2D eigenvalue weighted by Crippen LogP contribution is -2.53. The van der Waals surface area contributed by atoms with Gasteiger partial charge in [0.25, 0.3) is 6.64 Å². The average Bonchev–Trinajstić information content (AvgIpc) is 3.31. The van der Waals surface area contributed by atoms with E-state index in [0.717, 1.165) is 0 Å². The second-order valence-electron chi connectivity index (χ2n) is 8.91. The van der Waals surface area contributed by atoms with Crippen molar-refractivity contribution in [3.8, 4) is 0 Å². The van der Waals surface area contributed by atoms with Gasteiger partial charge in [-0.2, -0.15) is 9.97 Å². The maximum atomic E-state index is 16.0. The number of ether oxygens (including phenoxy) is 2. The molecular formula is C19H28ClFN7O5PS. The lowest BCUT2D eigenvalue weighted by atomic mass is 9.99. The van der Waals surface area contributed by atoms with Crippen LogP contribution in [0.2, 0.25) is 0 Å². The van der Waals surface area contributed by atoms with Crippen molar-refractivity contribution in [1.82, 2.24) is 24.6 Å². The van der Waals surface area contributed by atoms with Gasteiger partial charge in [-0.15, -0.1) is 11.6 Å². The molecule has 0 bridgehead atoms. The summed E-state index contributed by atoms with van der Waals surface area (Å²) >= 11 is 11.8. The molecule has 0 aromatic carbocycles. The summed E-state index contributed by atoms with van der Waals surface area (Å²) in [4.78, 5) is 26.8. The van der Waals surface area contributed by atoms with Gasteiger partial charge in [0.05, 0.1) is 24.9 Å². The van der Waals surface area contributed by atoms with Crippen molar-refractivity contribution >= 4 is 58.9 Å². The molecular weight excluding hydrogens is 524 g/mol. The van der Waals surface area contributed by atoms with E-state index in [1.165, 1.54) is 10.9 Å². The molecule has 3 N–H and O–H groups in total. The van der Waals surface area contributed by atoms with Crippen LogP contribution in [0, 0.1) is 0 Å². The number of nitrogens with zero attached hydrogens (tertiary/aromatic N) is 5. The quantitative estimate of drug-likeness (QED) is 0.295. The molecule has 194 valence electrons. The lowest BCUT2D eigenvalue weighted by Gasteiger charge is -2.41. The third-order valence-electron chi connectivity index (χ3n) is 5.57. The number of hydrogen-bond acceptors (Lipinski definition) is 11. The molecule has 1 unspecified atom stereocenters. The van der Waals surface area contributed by atoms with Gasteiger partial charge < -0.3 is 29.2 Å². The molecule has 2 aliphatic heterocycles. The first-order valence-corrected chi connectivity index (χ1v) is 14.0. The van der Waals surface area contributed by atoms with Crippen LogP contribution in [0.3, 0.4) is 0 Å². The van der Waals surface area contributed by atoms with Crippen molar-refractivity contribution in [1.29, 1.82) is 0 Å². The van der Waals surface area contributed by atoms with E-state index >= 15 is 4.39 Å². The number of alkyl halides is 2. The molecule has 0 saturated carbocycles. The van der Waals surface area contributed by atoms with Crippen LogP contribution in [-0.4, -0.2) is 82.1 Å². The van der Waals surface area contributed by atoms with E-state index in [4.69, 9.17) is 47.7 Å². The van der Waals surface area contributed by atoms with Crippen LogP contribution in [0.1, 0.15) is 27.0 Å². The molecule has 2 fully saturated rings. The fraction of sp³-hybridized carbons (Fsp3) is 0.684. The number of nitrogens with one attached hydrogen (secondary N) is 1. The predicted molar refractivity (Wildman–Crippen MR) is 131 cm³/mol. The van der Waals surface area contributed by atoms with Gasteiger partial charge in [0.15, 0.2) is 29.4 Å². The molecule has 0 radical (unpaired) electrons. The predicted octanol–water partition coefficient (Wildman–Crippen LogP) is 1.89. The van der Waals surface area contributed by atoms with Gasteiger partial charge in [-0.3, -0.25) is 9.36 Å². The van der Waals surface area contributed by atoms with Crippen LogP contribution < -0.4 is 15.7 Å². The van der Waals surface area contributed by atoms with E-state index in [2.05, 4.69) is 20.0 Å². The summed E-state index contributed by atoms with van der Waals surface area (Å²) in [6.07, 6.45) is -2.98. The van der Waals surface area contributed by atoms with E-state index in [-0.39, 0.29) is 24.5 Å². The zero-order valence-electron chi connectivity index (χ0n) is 19.8. The summed E-state index contributed by atoms with van der Waals surface area (Å²) < 4.78 is 40.5. The van der Waals surface area contributed by atoms with Gasteiger partial charge >= 0.3 is 5.97 Å². The summed E-state index contributed by atoms with van der Waals surface area (Å²) in [6.45, 7) is 1.61. The Hall–Kier alpha value is -1.67. The van der Waals surface area contributed by atoms with E-state index < -0.39 is 42.8 Å². The van der Waals surface area contributed by atoms with Crippen LogP contribution in [0.25, 0.3) is 11.2 Å². The second kappa shape index (κ2) is 9.66. The minimum Gasteiger partial charge on any atom is -0.462 e. The number of hydrogen-bond donors (Lipinski definition) is 2. The topological polar surface area (TPSA) is 139 Å². The van der Waals surface area contributed by atoms with Gasteiger partial charge in [0.2, 0.25) is 5.95 Å². The Bertz CT molecular complexity index is 1170. The van der Waals surface area contributed by atoms with Crippen LogP contribution in [0.15, 0.2) is 6.33 Å². The number of nitrogens with two attached hydrogens (primary N) is 1. The summed E-state index contributed by atoms with van der Waals surface area (Å²) in [5.41, 5.74) is 5.28. The number of nitrogen functional groups attached to an aromatic ring is 1. The van der Waals surface area contributed by atoms with Crippen molar-refractivity contribution in [2.45, 2.75) is 57.0 Å². The first-order valence-electron chi connectivity index (χ1n) is 10.9. The molecule has 0 amide bonds. The van der Waals surface area contributed by atoms with E-state index in [1.807, 2.05) is 0 Å². The number of halogens is 2. The Morgan fingerprint density at radius 2 is 2.20 bits per heavy atom. The largest absolute Gasteiger partial charge is 0.462 e. The van der Waals surface area contributed by atoms with E-state index in [0.29, 0.717) is 17.0 Å². The number of esters is 1. The van der Waals surface area contributed by atoms with Crippen molar-refractivity contribution in [2.24, 2.45) is 0 Å². The number of carbonyl (C=O) groups excluding carboxylic acids is 1. The summed E-state index contributed by atoms with van der Waals surface area (Å²) in [6, 6.07) is -0.829. The Kier molecular flexibility index (Phi) is 7.28. The Morgan fingerprint density at radius 1 is 1.49 bits per heavy atom. The molecule has 2 aliphatic rings. The Labute approximate surface area is 211 Å². The minimum absolute atomic E-state index is 0.00221. The highest BCUT2D eigenvalue weighted by atomic mass is 35.5.